The van der Waals surface area contributed by atoms with Crippen molar-refractivity contribution in [2.45, 2.75) is 38.8 Å². The fraction of sp³-hybridized carbons (Fsp3) is 1.00. The van der Waals surface area contributed by atoms with Gasteiger partial charge >= 0.3 is 0 Å². The van der Waals surface area contributed by atoms with Gasteiger partial charge in [-0.3, -0.25) is 4.90 Å². The zero-order valence-corrected chi connectivity index (χ0v) is 15.0. The summed E-state index contributed by atoms with van der Waals surface area (Å²) in [5, 5.41) is 0. The summed E-state index contributed by atoms with van der Waals surface area (Å²) in [5.74, 6) is 0. The summed E-state index contributed by atoms with van der Waals surface area (Å²) in [5.41, 5.74) is 0. The number of rotatable bonds is 6. The first-order valence-electron chi connectivity index (χ1n) is 8.42. The minimum absolute atomic E-state index is 0.179. The van der Waals surface area contributed by atoms with Gasteiger partial charge in [0.2, 0.25) is 10.0 Å². The number of nitrogens with zero attached hydrogens (tertiary/aromatic N) is 3. The van der Waals surface area contributed by atoms with E-state index in [-0.39, 0.29) is 6.04 Å². The molecule has 0 amide bonds. The molecule has 0 aliphatic carbocycles. The van der Waals surface area contributed by atoms with Crippen LogP contribution in [0, 0.1) is 0 Å². The first-order valence-corrected chi connectivity index (χ1v) is 10.3. The molecule has 130 valence electrons. The largest absolute Gasteiger partial charge is 0.379 e. The monoisotopic (exact) mass is 333 g/mol. The summed E-state index contributed by atoms with van der Waals surface area (Å²) in [4.78, 5) is 4.96. The molecule has 2 rings (SSSR count). The fourth-order valence-corrected chi connectivity index (χ4v) is 4.78. The van der Waals surface area contributed by atoms with Gasteiger partial charge in [-0.25, -0.2) is 8.42 Å². The van der Waals surface area contributed by atoms with Gasteiger partial charge in [0.1, 0.15) is 0 Å². The molecule has 0 N–H and O–H groups in total. The van der Waals surface area contributed by atoms with E-state index in [4.69, 9.17) is 4.74 Å². The maximum absolute atomic E-state index is 11.8. The molecule has 1 atom stereocenters. The first-order chi connectivity index (χ1) is 10.4. The summed E-state index contributed by atoms with van der Waals surface area (Å²) >= 11 is 0. The zero-order chi connectivity index (χ0) is 16.2. The summed E-state index contributed by atoms with van der Waals surface area (Å²) in [6, 6.07) is 0.686. The van der Waals surface area contributed by atoms with Crippen molar-refractivity contribution < 1.29 is 13.2 Å². The predicted octanol–water partition coefficient (Wildman–Crippen LogP) is 0.453. The summed E-state index contributed by atoms with van der Waals surface area (Å²) < 4.78 is 30.7. The Morgan fingerprint density at radius 3 is 2.41 bits per heavy atom. The van der Waals surface area contributed by atoms with Crippen LogP contribution in [0.2, 0.25) is 0 Å². The standard InChI is InChI=1S/C15H31N3O3S/c1-4-18(22(3,19)20)15-5-7-16(8-6-15)9-10-17-11-12-21-13-14(17)2/h14-15H,4-13H2,1-3H3. The SMILES string of the molecule is CCN(C1CCN(CCN2CCOCC2C)CC1)S(C)(=O)=O. The van der Waals surface area contributed by atoms with Gasteiger partial charge in [0.25, 0.3) is 0 Å². The minimum Gasteiger partial charge on any atom is -0.379 e. The molecule has 0 aromatic heterocycles. The van der Waals surface area contributed by atoms with Crippen LogP contribution in [-0.4, -0.2) is 93.3 Å². The molecule has 0 bridgehead atoms. The van der Waals surface area contributed by atoms with Crippen LogP contribution in [0.3, 0.4) is 0 Å². The van der Waals surface area contributed by atoms with E-state index in [1.165, 1.54) is 6.26 Å². The lowest BCUT2D eigenvalue weighted by Gasteiger charge is -2.39. The van der Waals surface area contributed by atoms with Crippen LogP contribution in [0.25, 0.3) is 0 Å². The lowest BCUT2D eigenvalue weighted by Crippen LogP contribution is -2.50. The smallest absolute Gasteiger partial charge is 0.211 e. The van der Waals surface area contributed by atoms with Gasteiger partial charge in [-0.05, 0) is 32.9 Å². The number of sulfonamides is 1. The third-order valence-electron chi connectivity index (χ3n) is 4.91. The van der Waals surface area contributed by atoms with Crippen LogP contribution in [0.5, 0.6) is 0 Å². The van der Waals surface area contributed by atoms with E-state index in [2.05, 4.69) is 16.7 Å². The van der Waals surface area contributed by atoms with Crippen LogP contribution in [0.1, 0.15) is 26.7 Å². The van der Waals surface area contributed by atoms with Gasteiger partial charge < -0.3 is 9.64 Å². The second kappa shape index (κ2) is 8.06. The van der Waals surface area contributed by atoms with Crippen molar-refractivity contribution in [3.05, 3.63) is 0 Å². The molecule has 2 saturated heterocycles. The molecule has 2 heterocycles. The van der Waals surface area contributed by atoms with Crippen molar-refractivity contribution in [2.24, 2.45) is 0 Å². The number of piperidine rings is 1. The van der Waals surface area contributed by atoms with Crippen LogP contribution >= 0.6 is 0 Å². The van der Waals surface area contributed by atoms with E-state index < -0.39 is 10.0 Å². The van der Waals surface area contributed by atoms with Crippen LogP contribution in [0.15, 0.2) is 0 Å². The molecule has 2 aliphatic heterocycles. The number of ether oxygens (including phenoxy) is 1. The quantitative estimate of drug-likeness (QED) is 0.707. The first kappa shape index (κ1) is 18.1. The molecule has 2 aliphatic rings. The Balaban J connectivity index is 1.75. The van der Waals surface area contributed by atoms with Gasteiger partial charge in [0.15, 0.2) is 0 Å². The van der Waals surface area contributed by atoms with Gasteiger partial charge in [-0.1, -0.05) is 6.92 Å². The third-order valence-corrected chi connectivity index (χ3v) is 6.32. The summed E-state index contributed by atoms with van der Waals surface area (Å²) in [7, 11) is -3.08. The van der Waals surface area contributed by atoms with Gasteiger partial charge in [0.05, 0.1) is 19.5 Å². The third kappa shape index (κ3) is 4.89. The maximum Gasteiger partial charge on any atom is 0.211 e. The Morgan fingerprint density at radius 2 is 1.86 bits per heavy atom. The molecule has 0 radical (unpaired) electrons. The van der Waals surface area contributed by atoms with Gasteiger partial charge in [-0.15, -0.1) is 0 Å². The highest BCUT2D eigenvalue weighted by Crippen LogP contribution is 2.19. The van der Waals surface area contributed by atoms with Crippen molar-refractivity contribution in [1.29, 1.82) is 0 Å². The average Bonchev–Trinajstić information content (AvgIpc) is 2.47. The Morgan fingerprint density at radius 1 is 1.18 bits per heavy atom. The van der Waals surface area contributed by atoms with Crippen molar-refractivity contribution in [1.82, 2.24) is 14.1 Å². The number of morpholine rings is 1. The van der Waals surface area contributed by atoms with Crippen LogP contribution in [-0.2, 0) is 14.8 Å². The van der Waals surface area contributed by atoms with Crippen molar-refractivity contribution in [3.8, 4) is 0 Å². The molecule has 0 saturated carbocycles. The summed E-state index contributed by atoms with van der Waals surface area (Å²) in [6.07, 6.45) is 3.21. The maximum atomic E-state index is 11.8. The lowest BCUT2D eigenvalue weighted by molar-refractivity contribution is -0.00536. The van der Waals surface area contributed by atoms with E-state index in [1.54, 1.807) is 4.31 Å². The highest BCUT2D eigenvalue weighted by molar-refractivity contribution is 7.88. The van der Waals surface area contributed by atoms with Crippen molar-refractivity contribution >= 4 is 10.0 Å². The van der Waals surface area contributed by atoms with E-state index in [0.717, 1.165) is 58.8 Å². The average molecular weight is 333 g/mol. The molecule has 7 heteroatoms. The van der Waals surface area contributed by atoms with Crippen LogP contribution < -0.4 is 0 Å². The number of likely N-dealkylation sites (tertiary alicyclic amines) is 1. The van der Waals surface area contributed by atoms with E-state index in [1.807, 2.05) is 6.92 Å². The Bertz CT molecular complexity index is 435. The molecule has 0 spiro atoms. The summed E-state index contributed by atoms with van der Waals surface area (Å²) in [6.45, 7) is 11.6. The molecule has 6 nitrogen and oxygen atoms in total. The number of hydrogen-bond donors (Lipinski definition) is 0. The zero-order valence-electron chi connectivity index (χ0n) is 14.2. The molecule has 2 fully saturated rings. The second-order valence-corrected chi connectivity index (χ2v) is 8.43. The molecule has 22 heavy (non-hydrogen) atoms. The highest BCUT2D eigenvalue weighted by atomic mass is 32.2. The van der Waals surface area contributed by atoms with E-state index in [9.17, 15) is 8.42 Å². The topological polar surface area (TPSA) is 53.1 Å². The minimum atomic E-state index is -3.08. The Kier molecular flexibility index (Phi) is 6.64. The fourth-order valence-electron chi connectivity index (χ4n) is 3.56. The molecular weight excluding hydrogens is 302 g/mol. The van der Waals surface area contributed by atoms with E-state index >= 15 is 0 Å². The Hall–Kier alpha value is -0.210. The molecular formula is C15H31N3O3S. The van der Waals surface area contributed by atoms with E-state index in [0.29, 0.717) is 12.6 Å². The molecule has 0 aromatic rings. The Labute approximate surface area is 135 Å². The predicted molar refractivity (Wildman–Crippen MR) is 88.5 cm³/mol. The number of hydrogen-bond acceptors (Lipinski definition) is 5. The van der Waals surface area contributed by atoms with Gasteiger partial charge in [0, 0.05) is 38.3 Å². The van der Waals surface area contributed by atoms with Crippen molar-refractivity contribution in [3.63, 3.8) is 0 Å². The second-order valence-electron chi connectivity index (χ2n) is 6.50. The van der Waals surface area contributed by atoms with Crippen LogP contribution in [0.4, 0.5) is 0 Å². The molecule has 1 unspecified atom stereocenters. The highest BCUT2D eigenvalue weighted by Gasteiger charge is 2.29. The van der Waals surface area contributed by atoms with Gasteiger partial charge in [-0.2, -0.15) is 4.31 Å². The normalized spacial score (nSPS) is 26.6. The van der Waals surface area contributed by atoms with Crippen molar-refractivity contribution in [2.75, 3.05) is 58.7 Å². The molecule has 0 aromatic carbocycles. The lowest BCUT2D eigenvalue weighted by atomic mass is 10.1.